The second-order valence-corrected chi connectivity index (χ2v) is 11.0. The number of ether oxygens (including phenoxy) is 6. The Kier molecular flexibility index (Phi) is 15.5. The summed E-state index contributed by atoms with van der Waals surface area (Å²) in [5.41, 5.74) is 6.22. The molecule has 2 aromatic carbocycles. The lowest BCUT2D eigenvalue weighted by Gasteiger charge is -2.22. The van der Waals surface area contributed by atoms with Crippen LogP contribution in [0.3, 0.4) is 0 Å². The number of benzene rings is 2. The van der Waals surface area contributed by atoms with Crippen LogP contribution in [0.2, 0.25) is 0 Å². The van der Waals surface area contributed by atoms with Gasteiger partial charge in [-0.2, -0.15) is 0 Å². The third-order valence-corrected chi connectivity index (χ3v) is 6.46. The number of aromatic hydroxyl groups is 1. The van der Waals surface area contributed by atoms with E-state index in [2.05, 4.69) is 6.08 Å². The lowest BCUT2D eigenvalue weighted by molar-refractivity contribution is 0.0436. The van der Waals surface area contributed by atoms with Crippen molar-refractivity contribution >= 4 is 11.9 Å². The van der Waals surface area contributed by atoms with Crippen molar-refractivity contribution in [3.8, 4) is 23.0 Å². The number of phenolic OH excluding ortho intramolecular Hbond substituents is 1. The van der Waals surface area contributed by atoms with Crippen LogP contribution in [0.4, 0.5) is 0 Å². The molecule has 8 nitrogen and oxygen atoms in total. The zero-order valence-electron chi connectivity index (χ0n) is 27.7. The molecule has 0 heterocycles. The molecule has 0 radical (unpaired) electrons. The molecular formula is C36H48O8. The van der Waals surface area contributed by atoms with Gasteiger partial charge in [0, 0.05) is 32.5 Å². The molecule has 0 amide bonds. The van der Waals surface area contributed by atoms with Gasteiger partial charge in [-0.1, -0.05) is 47.1 Å². The fourth-order valence-corrected chi connectivity index (χ4v) is 4.28. The largest absolute Gasteiger partial charge is 0.507 e. The van der Waals surface area contributed by atoms with E-state index in [1.807, 2.05) is 71.9 Å². The van der Waals surface area contributed by atoms with E-state index in [1.54, 1.807) is 13.2 Å². The molecule has 0 bridgehead atoms. The van der Waals surface area contributed by atoms with Crippen molar-refractivity contribution in [2.45, 2.75) is 60.8 Å². The number of ketones is 1. The van der Waals surface area contributed by atoms with E-state index in [0.717, 1.165) is 22.3 Å². The second kappa shape index (κ2) is 18.7. The zero-order chi connectivity index (χ0) is 32.6. The number of phenols is 1. The molecule has 0 spiro atoms. The Labute approximate surface area is 262 Å². The van der Waals surface area contributed by atoms with Crippen molar-refractivity contribution in [3.05, 3.63) is 87.0 Å². The molecule has 0 saturated heterocycles. The normalized spacial score (nSPS) is 10.8. The van der Waals surface area contributed by atoms with Gasteiger partial charge in [-0.3, -0.25) is 4.79 Å². The van der Waals surface area contributed by atoms with Gasteiger partial charge in [-0.25, -0.2) is 0 Å². The molecule has 240 valence electrons. The summed E-state index contributed by atoms with van der Waals surface area (Å²) < 4.78 is 33.3. The zero-order valence-corrected chi connectivity index (χ0v) is 27.7. The molecule has 1 N–H and O–H groups in total. The van der Waals surface area contributed by atoms with Gasteiger partial charge in [0.15, 0.2) is 26.2 Å². The highest BCUT2D eigenvalue weighted by atomic mass is 16.7. The van der Waals surface area contributed by atoms with E-state index >= 15 is 0 Å². The number of hydrogen-bond donors (Lipinski definition) is 1. The number of rotatable bonds is 18. The van der Waals surface area contributed by atoms with Crippen LogP contribution in [0, 0.1) is 0 Å². The van der Waals surface area contributed by atoms with Crippen molar-refractivity contribution in [3.63, 3.8) is 0 Å². The van der Waals surface area contributed by atoms with Crippen LogP contribution in [0.25, 0.3) is 6.08 Å². The van der Waals surface area contributed by atoms with E-state index in [9.17, 15) is 9.90 Å². The molecule has 0 aliphatic carbocycles. The van der Waals surface area contributed by atoms with E-state index in [0.29, 0.717) is 41.9 Å². The average Bonchev–Trinajstić information content (AvgIpc) is 2.98. The maximum atomic E-state index is 13.9. The van der Waals surface area contributed by atoms with E-state index in [4.69, 9.17) is 28.4 Å². The van der Waals surface area contributed by atoms with Gasteiger partial charge in [0.25, 0.3) is 0 Å². The summed E-state index contributed by atoms with van der Waals surface area (Å²) in [6.45, 7) is 12.0. The first-order chi connectivity index (χ1) is 21.0. The predicted octanol–water partition coefficient (Wildman–Crippen LogP) is 7.76. The highest BCUT2D eigenvalue weighted by Gasteiger charge is 2.28. The van der Waals surface area contributed by atoms with E-state index in [1.165, 1.54) is 25.9 Å². The minimum Gasteiger partial charge on any atom is -0.507 e. The van der Waals surface area contributed by atoms with Gasteiger partial charge in [-0.05, 0) is 90.1 Å². The molecule has 44 heavy (non-hydrogen) atoms. The molecule has 2 rings (SSSR count). The number of hydrogen-bond acceptors (Lipinski definition) is 8. The summed E-state index contributed by atoms with van der Waals surface area (Å²) in [6.07, 6.45) is 10.7. The number of allylic oxidation sites excluding steroid dienone is 7. The van der Waals surface area contributed by atoms with Crippen molar-refractivity contribution < 1.29 is 38.3 Å². The highest BCUT2D eigenvalue weighted by molar-refractivity contribution is 6.11. The van der Waals surface area contributed by atoms with Crippen molar-refractivity contribution in [2.24, 2.45) is 0 Å². The monoisotopic (exact) mass is 608 g/mol. The van der Waals surface area contributed by atoms with Gasteiger partial charge < -0.3 is 33.5 Å². The van der Waals surface area contributed by atoms with Crippen LogP contribution >= 0.6 is 0 Å². The smallest absolute Gasteiger partial charge is 0.193 e. The van der Waals surface area contributed by atoms with Gasteiger partial charge in [0.05, 0.1) is 0 Å². The molecule has 0 aliphatic rings. The van der Waals surface area contributed by atoms with Gasteiger partial charge in [-0.15, -0.1) is 0 Å². The van der Waals surface area contributed by atoms with Crippen molar-refractivity contribution in [2.75, 3.05) is 41.7 Å². The minimum absolute atomic E-state index is 0.0425. The van der Waals surface area contributed by atoms with Gasteiger partial charge >= 0.3 is 0 Å². The standard InChI is InChI=1S/C36H48O8/c1-24(2)10-15-28-20-27(14-19-32(28)42-21-39-7)13-18-31(37)33-34(38)29(16-11-25(3)4)35(43-22-40-8)30(17-12-26(5)6)36(33)44-23-41-9/h10-14,18-20,38H,15-17,21-23H2,1-9H3. The first-order valence-corrected chi connectivity index (χ1v) is 14.5. The predicted molar refractivity (Wildman–Crippen MR) is 175 cm³/mol. The first-order valence-electron chi connectivity index (χ1n) is 14.5. The Hall–Kier alpha value is -3.85. The SMILES string of the molecule is COCOc1ccc(C=CC(=O)c2c(O)c(CC=C(C)C)c(OCOC)c(CC=C(C)C)c2OCOC)cc1CC=C(C)C. The Morgan fingerprint density at radius 1 is 0.705 bits per heavy atom. The highest BCUT2D eigenvalue weighted by Crippen LogP contribution is 2.45. The number of methoxy groups -OCH3 is 3. The summed E-state index contributed by atoms with van der Waals surface area (Å²) in [4.78, 5) is 13.9. The average molecular weight is 609 g/mol. The fraction of sp³-hybridized carbons (Fsp3) is 0.417. The topological polar surface area (TPSA) is 92.7 Å². The second-order valence-electron chi connectivity index (χ2n) is 11.0. The van der Waals surface area contributed by atoms with Crippen LogP contribution in [-0.2, 0) is 33.5 Å². The molecule has 0 aromatic heterocycles. The Morgan fingerprint density at radius 2 is 1.23 bits per heavy atom. The van der Waals surface area contributed by atoms with Crippen LogP contribution in [0.15, 0.2) is 59.2 Å². The molecule has 0 unspecified atom stereocenters. The van der Waals surface area contributed by atoms with Gasteiger partial charge in [0.1, 0.15) is 28.6 Å². The summed E-state index contributed by atoms with van der Waals surface area (Å²) >= 11 is 0. The number of carbonyl (C=O) groups excluding carboxylic acids is 1. The molecule has 0 saturated carbocycles. The lowest BCUT2D eigenvalue weighted by atomic mass is 9.93. The minimum atomic E-state index is -0.422. The summed E-state index contributed by atoms with van der Waals surface area (Å²) in [5.74, 6) is 0.704. The third kappa shape index (κ3) is 11.0. The van der Waals surface area contributed by atoms with Gasteiger partial charge in [0.2, 0.25) is 0 Å². The molecular weight excluding hydrogens is 560 g/mol. The van der Waals surface area contributed by atoms with Crippen LogP contribution < -0.4 is 14.2 Å². The number of carbonyl (C=O) groups is 1. The molecule has 8 heteroatoms. The van der Waals surface area contributed by atoms with Crippen LogP contribution in [0.5, 0.6) is 23.0 Å². The maximum Gasteiger partial charge on any atom is 0.193 e. The quantitative estimate of drug-likeness (QED) is 0.0794. The first kappa shape index (κ1) is 36.3. The van der Waals surface area contributed by atoms with Crippen LogP contribution in [0.1, 0.15) is 74.2 Å². The van der Waals surface area contributed by atoms with Crippen molar-refractivity contribution in [1.82, 2.24) is 0 Å². The van der Waals surface area contributed by atoms with E-state index < -0.39 is 5.78 Å². The third-order valence-electron chi connectivity index (χ3n) is 6.46. The maximum absolute atomic E-state index is 13.9. The fourth-order valence-electron chi connectivity index (χ4n) is 4.28. The Bertz CT molecular complexity index is 1370. The van der Waals surface area contributed by atoms with E-state index in [-0.39, 0.29) is 37.4 Å². The van der Waals surface area contributed by atoms with Crippen LogP contribution in [-0.4, -0.2) is 52.6 Å². The summed E-state index contributed by atoms with van der Waals surface area (Å²) in [7, 11) is 4.60. The van der Waals surface area contributed by atoms with Crippen molar-refractivity contribution in [1.29, 1.82) is 0 Å². The molecule has 0 aliphatic heterocycles. The summed E-state index contributed by atoms with van der Waals surface area (Å²) in [6, 6.07) is 5.70. The molecule has 0 fully saturated rings. The Balaban J connectivity index is 2.75. The lowest BCUT2D eigenvalue weighted by Crippen LogP contribution is -2.13. The summed E-state index contributed by atoms with van der Waals surface area (Å²) in [5, 5.41) is 11.6. The Morgan fingerprint density at radius 3 is 1.80 bits per heavy atom. The molecule has 0 atom stereocenters. The molecule has 2 aromatic rings.